The zero-order valence-corrected chi connectivity index (χ0v) is 16.6. The topological polar surface area (TPSA) is 73.0 Å². The minimum atomic E-state index is -0.325. The zero-order chi connectivity index (χ0) is 19.8. The predicted octanol–water partition coefficient (Wildman–Crippen LogP) is 4.26. The third kappa shape index (κ3) is 3.26. The average Bonchev–Trinajstić information content (AvgIpc) is 3.27. The average molecular weight is 376 g/mol. The van der Waals surface area contributed by atoms with Gasteiger partial charge in [-0.2, -0.15) is 4.98 Å². The lowest BCUT2D eigenvalue weighted by molar-refractivity contribution is -0.121. The fourth-order valence-electron chi connectivity index (χ4n) is 3.52. The monoisotopic (exact) mass is 376 g/mol. The first-order valence-electron chi connectivity index (χ1n) is 9.53. The van der Waals surface area contributed by atoms with Crippen LogP contribution in [0.2, 0.25) is 0 Å². The lowest BCUT2D eigenvalue weighted by Crippen LogP contribution is -2.28. The van der Waals surface area contributed by atoms with Crippen LogP contribution >= 0.6 is 0 Å². The molecule has 0 aliphatic heterocycles. The number of fused-ring (bicyclic) bond motifs is 3. The number of benzene rings is 2. The fourth-order valence-corrected chi connectivity index (χ4v) is 3.52. The second kappa shape index (κ2) is 7.11. The van der Waals surface area contributed by atoms with Gasteiger partial charge in [-0.05, 0) is 30.7 Å². The maximum atomic E-state index is 12.5. The van der Waals surface area contributed by atoms with Crippen LogP contribution in [0.1, 0.15) is 50.0 Å². The summed E-state index contributed by atoms with van der Waals surface area (Å²) in [5.41, 5.74) is 3.32. The van der Waals surface area contributed by atoms with Crippen LogP contribution in [-0.4, -0.2) is 20.6 Å². The Morgan fingerprint density at radius 3 is 2.61 bits per heavy atom. The molecule has 1 N–H and O–H groups in total. The summed E-state index contributed by atoms with van der Waals surface area (Å²) in [5, 5.41) is 9.26. The molecule has 0 aliphatic carbocycles. The van der Waals surface area contributed by atoms with Gasteiger partial charge in [0, 0.05) is 34.8 Å². The van der Waals surface area contributed by atoms with Crippen molar-refractivity contribution in [2.24, 2.45) is 7.05 Å². The summed E-state index contributed by atoms with van der Waals surface area (Å²) in [4.78, 5) is 16.9. The molecule has 0 radical (unpaired) electrons. The number of hydrogen-bond donors (Lipinski definition) is 1. The van der Waals surface area contributed by atoms with E-state index in [4.69, 9.17) is 4.52 Å². The summed E-state index contributed by atoms with van der Waals surface area (Å²) in [5.74, 6) is 1.20. The molecule has 0 saturated carbocycles. The normalized spacial score (nSPS) is 12.8. The van der Waals surface area contributed by atoms with Gasteiger partial charge in [-0.15, -0.1) is 0 Å². The van der Waals surface area contributed by atoms with E-state index >= 15 is 0 Å². The Labute approximate surface area is 163 Å². The molecule has 4 aromatic rings. The van der Waals surface area contributed by atoms with Crippen molar-refractivity contribution in [2.75, 3.05) is 0 Å². The Hall–Kier alpha value is -3.15. The van der Waals surface area contributed by atoms with Gasteiger partial charge in [0.1, 0.15) is 6.04 Å². The molecular formula is C22H24N4O2. The number of carbonyl (C=O) groups excluding carboxylic acids is 1. The maximum Gasteiger partial charge on any atom is 0.248 e. The van der Waals surface area contributed by atoms with Gasteiger partial charge in [0.05, 0.1) is 6.42 Å². The number of aryl methyl sites for hydroxylation is 1. The lowest BCUT2D eigenvalue weighted by atomic mass is 10.1. The Morgan fingerprint density at radius 2 is 1.86 bits per heavy atom. The van der Waals surface area contributed by atoms with Gasteiger partial charge in [0.15, 0.2) is 5.82 Å². The SMILES string of the molecule is CC(C)c1noc(C(C)NC(=O)Cc2ccc3c(c2)c2ccccc2n3C)n1. The molecule has 1 amide bonds. The maximum absolute atomic E-state index is 12.5. The lowest BCUT2D eigenvalue weighted by Gasteiger charge is -2.10. The number of aromatic nitrogens is 3. The Bertz CT molecular complexity index is 1160. The summed E-state index contributed by atoms with van der Waals surface area (Å²) in [6.07, 6.45) is 0.300. The van der Waals surface area contributed by atoms with Crippen molar-refractivity contribution in [2.45, 2.75) is 39.2 Å². The molecule has 144 valence electrons. The highest BCUT2D eigenvalue weighted by molar-refractivity contribution is 6.08. The van der Waals surface area contributed by atoms with Crippen molar-refractivity contribution < 1.29 is 9.32 Å². The van der Waals surface area contributed by atoms with Crippen LogP contribution in [0.3, 0.4) is 0 Å². The van der Waals surface area contributed by atoms with E-state index in [0.29, 0.717) is 18.1 Å². The molecule has 0 bridgehead atoms. The molecule has 0 fully saturated rings. The van der Waals surface area contributed by atoms with E-state index in [1.54, 1.807) is 0 Å². The van der Waals surface area contributed by atoms with Crippen LogP contribution in [0.5, 0.6) is 0 Å². The first-order chi connectivity index (χ1) is 13.4. The Balaban J connectivity index is 1.52. The van der Waals surface area contributed by atoms with Crippen LogP contribution in [0.25, 0.3) is 21.8 Å². The second-order valence-corrected chi connectivity index (χ2v) is 7.54. The molecule has 0 spiro atoms. The molecule has 1 unspecified atom stereocenters. The van der Waals surface area contributed by atoms with Gasteiger partial charge < -0.3 is 14.4 Å². The van der Waals surface area contributed by atoms with Gasteiger partial charge in [-0.3, -0.25) is 4.79 Å². The van der Waals surface area contributed by atoms with Crippen molar-refractivity contribution in [3.63, 3.8) is 0 Å². The van der Waals surface area contributed by atoms with Crippen molar-refractivity contribution >= 4 is 27.7 Å². The molecule has 6 nitrogen and oxygen atoms in total. The van der Waals surface area contributed by atoms with E-state index in [0.717, 1.165) is 16.5 Å². The van der Waals surface area contributed by atoms with Crippen molar-refractivity contribution in [3.8, 4) is 0 Å². The van der Waals surface area contributed by atoms with E-state index in [1.807, 2.05) is 39.0 Å². The molecule has 2 aromatic carbocycles. The van der Waals surface area contributed by atoms with E-state index in [9.17, 15) is 4.79 Å². The molecule has 4 rings (SSSR count). The minimum Gasteiger partial charge on any atom is -0.344 e. The third-order valence-electron chi connectivity index (χ3n) is 5.06. The minimum absolute atomic E-state index is 0.0728. The molecule has 0 aliphatic rings. The van der Waals surface area contributed by atoms with Crippen molar-refractivity contribution in [1.29, 1.82) is 0 Å². The Morgan fingerprint density at radius 1 is 1.11 bits per heavy atom. The Kier molecular flexibility index (Phi) is 4.63. The van der Waals surface area contributed by atoms with Crippen molar-refractivity contribution in [1.82, 2.24) is 20.0 Å². The fraction of sp³-hybridized carbons (Fsp3) is 0.318. The quantitative estimate of drug-likeness (QED) is 0.565. The third-order valence-corrected chi connectivity index (χ3v) is 5.06. The molecular weight excluding hydrogens is 352 g/mol. The molecule has 2 aromatic heterocycles. The van der Waals surface area contributed by atoms with Gasteiger partial charge >= 0.3 is 0 Å². The predicted molar refractivity (Wildman–Crippen MR) is 109 cm³/mol. The largest absolute Gasteiger partial charge is 0.344 e. The number of para-hydroxylation sites is 1. The van der Waals surface area contributed by atoms with Gasteiger partial charge in [-0.25, -0.2) is 0 Å². The zero-order valence-electron chi connectivity index (χ0n) is 16.6. The molecule has 6 heteroatoms. The highest BCUT2D eigenvalue weighted by atomic mass is 16.5. The molecule has 0 saturated heterocycles. The summed E-state index contributed by atoms with van der Waals surface area (Å²) in [6.45, 7) is 5.85. The smallest absolute Gasteiger partial charge is 0.248 e. The number of hydrogen-bond acceptors (Lipinski definition) is 4. The number of rotatable bonds is 5. The summed E-state index contributed by atoms with van der Waals surface area (Å²) in [7, 11) is 2.06. The molecule has 1 atom stereocenters. The second-order valence-electron chi connectivity index (χ2n) is 7.54. The summed E-state index contributed by atoms with van der Waals surface area (Å²) < 4.78 is 7.45. The van der Waals surface area contributed by atoms with Gasteiger partial charge in [0.25, 0.3) is 0 Å². The van der Waals surface area contributed by atoms with Crippen LogP contribution < -0.4 is 5.32 Å². The highest BCUT2D eigenvalue weighted by Crippen LogP contribution is 2.28. The van der Waals surface area contributed by atoms with E-state index < -0.39 is 0 Å². The number of amides is 1. The number of nitrogens with zero attached hydrogens (tertiary/aromatic N) is 3. The van der Waals surface area contributed by atoms with Crippen LogP contribution in [0.15, 0.2) is 47.0 Å². The van der Waals surface area contributed by atoms with Crippen LogP contribution in [0.4, 0.5) is 0 Å². The molecule has 2 heterocycles. The van der Waals surface area contributed by atoms with Gasteiger partial charge in [-0.1, -0.05) is 43.3 Å². The van der Waals surface area contributed by atoms with Gasteiger partial charge in [0.2, 0.25) is 11.8 Å². The first kappa shape index (κ1) is 18.2. The first-order valence-corrected chi connectivity index (χ1v) is 9.53. The number of nitrogens with one attached hydrogen (secondary N) is 1. The molecule has 28 heavy (non-hydrogen) atoms. The van der Waals surface area contributed by atoms with E-state index in [-0.39, 0.29) is 17.9 Å². The van der Waals surface area contributed by atoms with E-state index in [2.05, 4.69) is 51.3 Å². The standard InChI is InChI=1S/C22H24N4O2/c1-13(2)21-24-22(28-25-21)14(3)23-20(27)12-15-9-10-19-17(11-15)16-7-5-6-8-18(16)26(19)4/h5-11,13-14H,12H2,1-4H3,(H,23,27). The summed E-state index contributed by atoms with van der Waals surface area (Å²) >= 11 is 0. The number of carbonyl (C=O) groups is 1. The van der Waals surface area contributed by atoms with Crippen molar-refractivity contribution in [3.05, 3.63) is 59.7 Å². The van der Waals surface area contributed by atoms with Crippen LogP contribution in [0, 0.1) is 0 Å². The summed E-state index contributed by atoms with van der Waals surface area (Å²) in [6, 6.07) is 14.2. The van der Waals surface area contributed by atoms with E-state index in [1.165, 1.54) is 10.9 Å². The van der Waals surface area contributed by atoms with Crippen LogP contribution in [-0.2, 0) is 18.3 Å². The highest BCUT2D eigenvalue weighted by Gasteiger charge is 2.18.